The molecule has 0 fully saturated rings. The average molecular weight is 266 g/mol. The first-order valence-corrected chi connectivity index (χ1v) is 6.92. The fourth-order valence-corrected chi connectivity index (χ4v) is 1.96. The summed E-state index contributed by atoms with van der Waals surface area (Å²) in [6.45, 7) is 3.52. The summed E-state index contributed by atoms with van der Waals surface area (Å²) in [5.41, 5.74) is 1.53. The number of rotatable bonds is 8. The normalized spacial score (nSPS) is 10.3. The van der Waals surface area contributed by atoms with Gasteiger partial charge in [-0.1, -0.05) is 50.3 Å². The number of hydrogen-bond acceptors (Lipinski definition) is 2. The van der Waals surface area contributed by atoms with Gasteiger partial charge in [0, 0.05) is 11.6 Å². The Morgan fingerprint density at radius 1 is 1.22 bits per heavy atom. The summed E-state index contributed by atoms with van der Waals surface area (Å²) < 4.78 is 5.59. The van der Waals surface area contributed by atoms with Crippen LogP contribution >= 0.6 is 11.6 Å². The van der Waals surface area contributed by atoms with E-state index in [4.69, 9.17) is 21.6 Å². The van der Waals surface area contributed by atoms with Gasteiger partial charge < -0.3 is 4.74 Å². The van der Waals surface area contributed by atoms with E-state index in [0.717, 1.165) is 18.6 Å². The monoisotopic (exact) mass is 265 g/mol. The van der Waals surface area contributed by atoms with Crippen molar-refractivity contribution in [3.05, 3.63) is 34.3 Å². The predicted octanol–water partition coefficient (Wildman–Crippen LogP) is 4.70. The third-order valence-corrected chi connectivity index (χ3v) is 3.18. The molecule has 0 heterocycles. The molecule has 0 saturated heterocycles. The molecule has 1 rings (SSSR count). The number of nitriles is 1. The van der Waals surface area contributed by atoms with Crippen LogP contribution in [-0.4, -0.2) is 6.61 Å². The lowest BCUT2D eigenvalue weighted by Crippen LogP contribution is -1.96. The molecule has 0 aromatic heterocycles. The Labute approximate surface area is 115 Å². The first-order valence-electron chi connectivity index (χ1n) is 6.54. The van der Waals surface area contributed by atoms with Crippen LogP contribution in [0.1, 0.15) is 50.2 Å². The molecule has 0 unspecified atom stereocenters. The molecular formula is C15H20ClNO. The lowest BCUT2D eigenvalue weighted by atomic mass is 10.1. The van der Waals surface area contributed by atoms with Crippen molar-refractivity contribution in [3.8, 4) is 6.07 Å². The fourth-order valence-electron chi connectivity index (χ4n) is 1.72. The first kappa shape index (κ1) is 15.0. The zero-order chi connectivity index (χ0) is 13.2. The second-order valence-electron chi connectivity index (χ2n) is 4.38. The number of ether oxygens (including phenoxy) is 1. The third kappa shape index (κ3) is 5.53. The lowest BCUT2D eigenvalue weighted by Gasteiger charge is -2.06. The molecule has 0 atom stereocenters. The van der Waals surface area contributed by atoms with Gasteiger partial charge in [-0.3, -0.25) is 0 Å². The summed E-state index contributed by atoms with van der Waals surface area (Å²) in [5.74, 6) is 0. The van der Waals surface area contributed by atoms with Crippen molar-refractivity contribution in [2.45, 2.75) is 45.6 Å². The van der Waals surface area contributed by atoms with E-state index >= 15 is 0 Å². The lowest BCUT2D eigenvalue weighted by molar-refractivity contribution is 0.117. The standard InChI is InChI=1S/C15H20ClNO/c1-2-3-4-5-6-9-18-12-14-8-7-13(11-17)10-15(14)16/h7-8,10H,2-6,9,12H2,1H3. The van der Waals surface area contributed by atoms with Gasteiger partial charge in [-0.2, -0.15) is 5.26 Å². The molecule has 0 saturated carbocycles. The molecule has 0 amide bonds. The summed E-state index contributed by atoms with van der Waals surface area (Å²) in [4.78, 5) is 0. The minimum absolute atomic E-state index is 0.526. The molecule has 0 aliphatic carbocycles. The highest BCUT2D eigenvalue weighted by Gasteiger charge is 2.01. The predicted molar refractivity (Wildman–Crippen MR) is 74.6 cm³/mol. The summed E-state index contributed by atoms with van der Waals surface area (Å²) >= 11 is 6.06. The topological polar surface area (TPSA) is 33.0 Å². The van der Waals surface area contributed by atoms with Crippen LogP contribution in [0.15, 0.2) is 18.2 Å². The van der Waals surface area contributed by atoms with Gasteiger partial charge in [0.15, 0.2) is 0 Å². The maximum atomic E-state index is 8.73. The highest BCUT2D eigenvalue weighted by atomic mass is 35.5. The Balaban J connectivity index is 2.21. The zero-order valence-corrected chi connectivity index (χ0v) is 11.7. The average Bonchev–Trinajstić information content (AvgIpc) is 2.39. The molecule has 0 radical (unpaired) electrons. The summed E-state index contributed by atoms with van der Waals surface area (Å²) in [7, 11) is 0. The molecule has 1 aromatic rings. The van der Waals surface area contributed by atoms with Crippen LogP contribution in [0.2, 0.25) is 5.02 Å². The van der Waals surface area contributed by atoms with Crippen molar-refractivity contribution in [2.24, 2.45) is 0 Å². The summed E-state index contributed by atoms with van der Waals surface area (Å²) in [6, 6.07) is 7.38. The second kappa shape index (κ2) is 8.97. The largest absolute Gasteiger partial charge is 0.377 e. The maximum Gasteiger partial charge on any atom is 0.0992 e. The minimum Gasteiger partial charge on any atom is -0.377 e. The van der Waals surface area contributed by atoms with Crippen molar-refractivity contribution in [1.29, 1.82) is 5.26 Å². The number of hydrogen-bond donors (Lipinski definition) is 0. The van der Waals surface area contributed by atoms with Crippen LogP contribution in [0, 0.1) is 11.3 Å². The van der Waals surface area contributed by atoms with E-state index in [-0.39, 0.29) is 0 Å². The molecule has 0 N–H and O–H groups in total. The maximum absolute atomic E-state index is 8.73. The van der Waals surface area contributed by atoms with Gasteiger partial charge in [0.1, 0.15) is 0 Å². The summed E-state index contributed by atoms with van der Waals surface area (Å²) in [6.07, 6.45) is 6.20. The molecule has 0 aliphatic rings. The van der Waals surface area contributed by atoms with E-state index in [9.17, 15) is 0 Å². The number of halogens is 1. The Bertz CT molecular complexity index is 398. The molecule has 2 nitrogen and oxygen atoms in total. The van der Waals surface area contributed by atoms with Gasteiger partial charge in [-0.25, -0.2) is 0 Å². The molecule has 1 aromatic carbocycles. The molecule has 0 spiro atoms. The van der Waals surface area contributed by atoms with Crippen molar-refractivity contribution >= 4 is 11.6 Å². The van der Waals surface area contributed by atoms with Crippen LogP contribution in [0.4, 0.5) is 0 Å². The molecule has 0 aliphatic heterocycles. The molecule has 0 bridgehead atoms. The van der Waals surface area contributed by atoms with Crippen molar-refractivity contribution in [2.75, 3.05) is 6.61 Å². The Hall–Kier alpha value is -1.04. The van der Waals surface area contributed by atoms with Gasteiger partial charge in [-0.05, 0) is 24.1 Å². The van der Waals surface area contributed by atoms with Crippen molar-refractivity contribution < 1.29 is 4.74 Å². The van der Waals surface area contributed by atoms with E-state index in [0.29, 0.717) is 17.2 Å². The second-order valence-corrected chi connectivity index (χ2v) is 4.79. The zero-order valence-electron chi connectivity index (χ0n) is 10.9. The summed E-state index contributed by atoms with van der Waals surface area (Å²) in [5, 5.41) is 9.34. The van der Waals surface area contributed by atoms with Crippen molar-refractivity contribution in [3.63, 3.8) is 0 Å². The highest BCUT2D eigenvalue weighted by molar-refractivity contribution is 6.31. The van der Waals surface area contributed by atoms with Crippen LogP contribution < -0.4 is 0 Å². The van der Waals surface area contributed by atoms with Gasteiger partial charge >= 0.3 is 0 Å². The van der Waals surface area contributed by atoms with Crippen molar-refractivity contribution in [1.82, 2.24) is 0 Å². The van der Waals surface area contributed by atoms with E-state index in [1.165, 1.54) is 25.7 Å². The Morgan fingerprint density at radius 2 is 2.00 bits per heavy atom. The van der Waals surface area contributed by atoms with Crippen LogP contribution in [0.3, 0.4) is 0 Å². The highest BCUT2D eigenvalue weighted by Crippen LogP contribution is 2.18. The van der Waals surface area contributed by atoms with Crippen LogP contribution in [0.25, 0.3) is 0 Å². The molecular weight excluding hydrogens is 246 g/mol. The number of benzene rings is 1. The fraction of sp³-hybridized carbons (Fsp3) is 0.533. The minimum atomic E-state index is 0.526. The quantitative estimate of drug-likeness (QED) is 0.639. The van der Waals surface area contributed by atoms with E-state index in [1.807, 2.05) is 6.07 Å². The first-order chi connectivity index (χ1) is 8.77. The van der Waals surface area contributed by atoms with Gasteiger partial charge in [-0.15, -0.1) is 0 Å². The number of unbranched alkanes of at least 4 members (excludes halogenated alkanes) is 4. The SMILES string of the molecule is CCCCCCCOCc1ccc(C#N)cc1Cl. The van der Waals surface area contributed by atoms with Crippen LogP contribution in [0.5, 0.6) is 0 Å². The van der Waals surface area contributed by atoms with Crippen LogP contribution in [-0.2, 0) is 11.3 Å². The Kier molecular flexibility index (Phi) is 7.48. The van der Waals surface area contributed by atoms with E-state index < -0.39 is 0 Å². The smallest absolute Gasteiger partial charge is 0.0992 e. The van der Waals surface area contributed by atoms with Gasteiger partial charge in [0.25, 0.3) is 0 Å². The third-order valence-electron chi connectivity index (χ3n) is 2.83. The van der Waals surface area contributed by atoms with E-state index in [2.05, 4.69) is 13.0 Å². The number of nitrogens with zero attached hydrogens (tertiary/aromatic N) is 1. The molecule has 98 valence electrons. The van der Waals surface area contributed by atoms with Gasteiger partial charge in [0.2, 0.25) is 0 Å². The van der Waals surface area contributed by atoms with E-state index in [1.54, 1.807) is 12.1 Å². The van der Waals surface area contributed by atoms with Gasteiger partial charge in [0.05, 0.1) is 18.2 Å². The molecule has 3 heteroatoms. The Morgan fingerprint density at radius 3 is 2.67 bits per heavy atom. The molecule has 18 heavy (non-hydrogen) atoms.